The summed E-state index contributed by atoms with van der Waals surface area (Å²) in [5, 5.41) is 66.2. The zero-order valence-corrected chi connectivity index (χ0v) is 31.9. The number of unbranched alkanes of at least 4 members (excludes halogenated alkanes) is 1. The zero-order valence-electron chi connectivity index (χ0n) is 31.9. The number of aliphatic hydroxyl groups is 1. The second-order valence-corrected chi connectivity index (χ2v) is 16.4. The molecule has 0 amide bonds. The van der Waals surface area contributed by atoms with E-state index in [2.05, 4.69) is 43.6 Å². The predicted octanol–water partition coefficient (Wildman–Crippen LogP) is 9.40. The molecule has 0 bridgehead atoms. The van der Waals surface area contributed by atoms with Gasteiger partial charge in [0.2, 0.25) is 0 Å². The van der Waals surface area contributed by atoms with Gasteiger partial charge in [0, 0.05) is 35.9 Å². The Bertz CT molecular complexity index is 1840. The van der Waals surface area contributed by atoms with Crippen molar-refractivity contribution in [1.82, 2.24) is 0 Å². The number of aliphatic hydroxyl groups excluding tert-OH is 1. The highest BCUT2D eigenvalue weighted by molar-refractivity contribution is 5.92. The molecular formula is C38H52N8O9. The van der Waals surface area contributed by atoms with Gasteiger partial charge in [-0.1, -0.05) is 47.0 Å². The Morgan fingerprint density at radius 1 is 0.818 bits per heavy atom. The molecule has 0 heterocycles. The molecule has 2 aromatic rings. The van der Waals surface area contributed by atoms with Gasteiger partial charge in [0.05, 0.1) is 37.9 Å². The first-order chi connectivity index (χ1) is 26.0. The minimum Gasteiger partial charge on any atom is -0.393 e. The molecule has 2 aromatic carbocycles. The van der Waals surface area contributed by atoms with E-state index < -0.39 is 54.0 Å². The third kappa shape index (κ3) is 9.09. The van der Waals surface area contributed by atoms with E-state index in [1.54, 1.807) is 6.21 Å². The van der Waals surface area contributed by atoms with Crippen LogP contribution in [0.15, 0.2) is 46.6 Å². The highest BCUT2D eigenvalue weighted by Crippen LogP contribution is 2.64. The number of hydrogen-bond acceptors (Lipinski definition) is 13. The van der Waals surface area contributed by atoms with Crippen molar-refractivity contribution in [3.63, 3.8) is 0 Å². The maximum absolute atomic E-state index is 11.9. The number of nitro benzene ring substituents is 4. The molecule has 3 N–H and O–H groups in total. The van der Waals surface area contributed by atoms with Gasteiger partial charge in [-0.25, -0.2) is 0 Å². The second-order valence-electron chi connectivity index (χ2n) is 16.4. The first-order valence-electron chi connectivity index (χ1n) is 19.2. The summed E-state index contributed by atoms with van der Waals surface area (Å²) in [5.41, 5.74) is 4.13. The molecule has 2 unspecified atom stereocenters. The summed E-state index contributed by atoms with van der Waals surface area (Å²) in [4.78, 5) is 43.4. The van der Waals surface area contributed by atoms with E-state index in [-0.39, 0.29) is 35.0 Å². The van der Waals surface area contributed by atoms with Crippen LogP contribution in [0.25, 0.3) is 0 Å². The SMILES string of the molecule is CC(C)CCCC[C@H]1CCC2[C@H](C/C=N/Nc3ccc([N+](=O)[O-])cc3[N+](=O)[O-])C([C@@]3(C)CC[C@H](O)C/C3=N\Nc3ccc([N+](=O)[O-])cc3[N+](=O)[O-])CC[C@@]21C. The lowest BCUT2D eigenvalue weighted by atomic mass is 9.50. The van der Waals surface area contributed by atoms with Crippen LogP contribution in [-0.2, 0) is 0 Å². The second kappa shape index (κ2) is 17.2. The summed E-state index contributed by atoms with van der Waals surface area (Å²) >= 11 is 0. The van der Waals surface area contributed by atoms with Crippen LogP contribution in [0.2, 0.25) is 0 Å². The number of nitro groups is 4. The van der Waals surface area contributed by atoms with Crippen molar-refractivity contribution in [2.75, 3.05) is 10.9 Å². The first kappa shape index (κ1) is 41.1. The predicted molar refractivity (Wildman–Crippen MR) is 209 cm³/mol. The van der Waals surface area contributed by atoms with Crippen LogP contribution < -0.4 is 10.9 Å². The molecule has 0 aromatic heterocycles. The summed E-state index contributed by atoms with van der Waals surface area (Å²) in [6.45, 7) is 9.08. The van der Waals surface area contributed by atoms with Gasteiger partial charge in [-0.2, -0.15) is 10.2 Å². The number of fused-ring (bicyclic) bond motifs is 1. The molecule has 0 saturated heterocycles. The smallest absolute Gasteiger partial charge is 0.301 e. The number of nitrogens with zero attached hydrogens (tertiary/aromatic N) is 6. The average molecular weight is 765 g/mol. The molecule has 3 aliphatic rings. The van der Waals surface area contributed by atoms with E-state index in [0.717, 1.165) is 37.8 Å². The van der Waals surface area contributed by atoms with Crippen molar-refractivity contribution < 1.29 is 24.8 Å². The topological polar surface area (TPSA) is 242 Å². The molecule has 0 spiro atoms. The maximum Gasteiger partial charge on any atom is 0.301 e. The molecule has 7 atom stereocenters. The number of hydrazone groups is 2. The van der Waals surface area contributed by atoms with Crippen LogP contribution in [0.5, 0.6) is 0 Å². The van der Waals surface area contributed by atoms with Crippen molar-refractivity contribution in [1.29, 1.82) is 0 Å². The van der Waals surface area contributed by atoms with E-state index in [9.17, 15) is 45.6 Å². The summed E-state index contributed by atoms with van der Waals surface area (Å²) in [5.74, 6) is 1.79. The van der Waals surface area contributed by atoms with Gasteiger partial charge in [0.15, 0.2) is 0 Å². The van der Waals surface area contributed by atoms with Crippen molar-refractivity contribution in [2.24, 2.45) is 50.6 Å². The number of nitrogens with one attached hydrogen (secondary N) is 2. The van der Waals surface area contributed by atoms with E-state index in [1.807, 2.05) is 0 Å². The number of hydrogen-bond donors (Lipinski definition) is 3. The van der Waals surface area contributed by atoms with Crippen LogP contribution >= 0.6 is 0 Å². The van der Waals surface area contributed by atoms with Gasteiger partial charge >= 0.3 is 11.4 Å². The van der Waals surface area contributed by atoms with Gasteiger partial charge in [-0.15, -0.1) is 0 Å². The van der Waals surface area contributed by atoms with Crippen LogP contribution in [0.1, 0.15) is 105 Å². The normalized spacial score (nSPS) is 28.6. The molecule has 5 rings (SSSR count). The van der Waals surface area contributed by atoms with Crippen LogP contribution in [0, 0.1) is 80.9 Å². The fourth-order valence-corrected chi connectivity index (χ4v) is 9.85. The largest absolute Gasteiger partial charge is 0.393 e. The molecule has 298 valence electrons. The van der Waals surface area contributed by atoms with Crippen molar-refractivity contribution in [3.8, 4) is 0 Å². The van der Waals surface area contributed by atoms with Crippen molar-refractivity contribution in [2.45, 2.75) is 111 Å². The number of non-ortho nitro benzene ring substituents is 2. The van der Waals surface area contributed by atoms with Gasteiger partial charge in [0.1, 0.15) is 11.4 Å². The van der Waals surface area contributed by atoms with Gasteiger partial charge in [-0.3, -0.25) is 51.3 Å². The minimum absolute atomic E-state index is 0.00734. The van der Waals surface area contributed by atoms with Gasteiger partial charge < -0.3 is 5.11 Å². The summed E-state index contributed by atoms with van der Waals surface area (Å²) in [7, 11) is 0. The summed E-state index contributed by atoms with van der Waals surface area (Å²) < 4.78 is 0. The molecule has 0 aliphatic heterocycles. The monoisotopic (exact) mass is 764 g/mol. The van der Waals surface area contributed by atoms with E-state index in [1.165, 1.54) is 49.9 Å². The quantitative estimate of drug-likeness (QED) is 0.0629. The van der Waals surface area contributed by atoms with Crippen molar-refractivity contribution in [3.05, 3.63) is 76.9 Å². The fourth-order valence-electron chi connectivity index (χ4n) is 9.85. The molecule has 55 heavy (non-hydrogen) atoms. The van der Waals surface area contributed by atoms with Gasteiger partial charge in [-0.05, 0) is 98.5 Å². The summed E-state index contributed by atoms with van der Waals surface area (Å²) in [6, 6.07) is 6.71. The molecular weight excluding hydrogens is 712 g/mol. The lowest BCUT2D eigenvalue weighted by Gasteiger charge is -2.55. The molecule has 17 heteroatoms. The minimum atomic E-state index is -0.695. The third-order valence-electron chi connectivity index (χ3n) is 12.9. The van der Waals surface area contributed by atoms with E-state index >= 15 is 0 Å². The van der Waals surface area contributed by atoms with Gasteiger partial charge in [0.25, 0.3) is 11.4 Å². The number of rotatable bonds is 16. The first-order valence-corrected chi connectivity index (χ1v) is 19.2. The Hall–Kier alpha value is -5.06. The van der Waals surface area contributed by atoms with E-state index in [0.29, 0.717) is 42.7 Å². The Morgan fingerprint density at radius 2 is 1.44 bits per heavy atom. The molecule has 3 aliphatic carbocycles. The summed E-state index contributed by atoms with van der Waals surface area (Å²) in [6.07, 6.45) is 11.9. The Morgan fingerprint density at radius 3 is 2.02 bits per heavy atom. The third-order valence-corrected chi connectivity index (χ3v) is 12.9. The zero-order chi connectivity index (χ0) is 40.1. The molecule has 3 fully saturated rings. The number of benzene rings is 2. The highest BCUT2D eigenvalue weighted by atomic mass is 16.6. The lowest BCUT2D eigenvalue weighted by molar-refractivity contribution is -0.393. The Labute approximate surface area is 319 Å². The van der Waals surface area contributed by atoms with Crippen LogP contribution in [0.3, 0.4) is 0 Å². The fraction of sp³-hybridized carbons (Fsp3) is 0.632. The highest BCUT2D eigenvalue weighted by Gasteiger charge is 2.57. The Balaban J connectivity index is 1.46. The Kier molecular flexibility index (Phi) is 12.8. The maximum atomic E-state index is 11.9. The standard InChI is InChI=1S/C38H52N8O9/c1-24(2)7-5-6-8-25-9-12-30-29(17-20-39-40-32-13-10-26(43(48)49)21-34(32)45(52)53)31(16-19-37(25,30)3)38(4)18-15-28(47)23-36(38)42-41-33-14-11-27(44(50)51)22-35(33)46(54)55/h10-11,13-14,20-22,24-25,28-31,40-41,47H,5-9,12,15-19,23H2,1-4H3/b39-20+,42-36+/t25-,28-,29-,30?,31?,37+,38+/m0/s1. The van der Waals surface area contributed by atoms with Crippen molar-refractivity contribution >= 4 is 46.1 Å². The molecule has 17 nitrogen and oxygen atoms in total. The van der Waals surface area contributed by atoms with Crippen LogP contribution in [0.4, 0.5) is 34.1 Å². The molecule has 0 radical (unpaired) electrons. The van der Waals surface area contributed by atoms with Crippen LogP contribution in [-0.4, -0.2) is 42.8 Å². The average Bonchev–Trinajstić information content (AvgIpc) is 3.47. The lowest BCUT2D eigenvalue weighted by Crippen LogP contribution is -2.51. The van der Waals surface area contributed by atoms with E-state index in [4.69, 9.17) is 5.10 Å². The molecule has 3 saturated carbocycles. The number of anilines is 2.